The molecule has 1 aliphatic carbocycles. The monoisotopic (exact) mass is 498 g/mol. The summed E-state index contributed by atoms with van der Waals surface area (Å²) in [6.45, 7) is 8.02. The minimum atomic E-state index is -4.43. The van der Waals surface area contributed by atoms with E-state index in [9.17, 15) is 23.1 Å². The summed E-state index contributed by atoms with van der Waals surface area (Å²) >= 11 is 0. The standard InChI is InChI=1S/C27H25F3N2O4/c1-15(2)23-24(36-25(31-23)17-6-5-7-19(9-8-17)27(28,29)30)16(3)14-35-20-10-11-21-18(12-20)13-22(26(33)34)32(21)4/h5,7-13,15H,3,6,14H2,1-2,4H3,(H,33,34). The maximum Gasteiger partial charge on any atom is 0.416 e. The first kappa shape index (κ1) is 25.1. The van der Waals surface area contributed by atoms with E-state index in [0.717, 1.165) is 23.1 Å². The van der Waals surface area contributed by atoms with Crippen molar-refractivity contribution in [3.8, 4) is 5.75 Å². The molecule has 0 saturated heterocycles. The van der Waals surface area contributed by atoms with Crippen LogP contribution < -0.4 is 4.74 Å². The zero-order valence-corrected chi connectivity index (χ0v) is 20.0. The van der Waals surface area contributed by atoms with Gasteiger partial charge in [-0.3, -0.25) is 0 Å². The van der Waals surface area contributed by atoms with Crippen molar-refractivity contribution in [3.63, 3.8) is 0 Å². The van der Waals surface area contributed by atoms with Crippen molar-refractivity contribution < 1.29 is 32.2 Å². The van der Waals surface area contributed by atoms with Gasteiger partial charge in [-0.05, 0) is 42.7 Å². The maximum absolute atomic E-state index is 13.1. The second-order valence-electron chi connectivity index (χ2n) is 8.81. The predicted molar refractivity (Wildman–Crippen MR) is 131 cm³/mol. The highest BCUT2D eigenvalue weighted by Crippen LogP contribution is 2.34. The topological polar surface area (TPSA) is 77.5 Å². The highest BCUT2D eigenvalue weighted by Gasteiger charge is 2.32. The number of alkyl halides is 3. The summed E-state index contributed by atoms with van der Waals surface area (Å²) in [6.07, 6.45) is 0.688. The largest absolute Gasteiger partial charge is 0.489 e. The fourth-order valence-electron chi connectivity index (χ4n) is 3.95. The van der Waals surface area contributed by atoms with Gasteiger partial charge in [0.2, 0.25) is 5.89 Å². The van der Waals surface area contributed by atoms with E-state index in [1.54, 1.807) is 35.9 Å². The lowest BCUT2D eigenvalue weighted by Gasteiger charge is -2.09. The Morgan fingerprint density at radius 2 is 2.03 bits per heavy atom. The first-order valence-corrected chi connectivity index (χ1v) is 11.2. The summed E-state index contributed by atoms with van der Waals surface area (Å²) in [5, 5.41) is 10.1. The third kappa shape index (κ3) is 5.00. The number of halogens is 3. The van der Waals surface area contributed by atoms with Gasteiger partial charge in [-0.1, -0.05) is 38.7 Å². The SMILES string of the molecule is C=C(COc1ccc2c(c1)cc(C(=O)O)n2C)c1oc(C2=CC=C(C(F)(F)F)C=CC2)nc1C(C)C. The van der Waals surface area contributed by atoms with E-state index < -0.39 is 17.7 Å². The summed E-state index contributed by atoms with van der Waals surface area (Å²) < 4.78 is 52.6. The van der Waals surface area contributed by atoms with E-state index in [1.807, 2.05) is 13.8 Å². The number of carboxylic acids is 1. The first-order valence-electron chi connectivity index (χ1n) is 11.2. The van der Waals surface area contributed by atoms with Crippen LogP contribution in [0, 0.1) is 0 Å². The lowest BCUT2D eigenvalue weighted by Crippen LogP contribution is -2.09. The molecule has 0 spiro atoms. The van der Waals surface area contributed by atoms with Gasteiger partial charge in [0.25, 0.3) is 0 Å². The molecule has 36 heavy (non-hydrogen) atoms. The Labute approximate surface area is 205 Å². The fraction of sp³-hybridized carbons (Fsp3) is 0.259. The van der Waals surface area contributed by atoms with E-state index >= 15 is 0 Å². The number of ether oxygens (including phenoxy) is 1. The fourth-order valence-corrected chi connectivity index (χ4v) is 3.95. The van der Waals surface area contributed by atoms with Gasteiger partial charge in [-0.2, -0.15) is 13.2 Å². The number of aryl methyl sites for hydroxylation is 1. The third-order valence-electron chi connectivity index (χ3n) is 5.87. The van der Waals surface area contributed by atoms with Crippen LogP contribution in [0.4, 0.5) is 13.2 Å². The quantitative estimate of drug-likeness (QED) is 0.383. The van der Waals surface area contributed by atoms with Crippen LogP contribution >= 0.6 is 0 Å². The smallest absolute Gasteiger partial charge is 0.416 e. The number of benzene rings is 1. The van der Waals surface area contributed by atoms with E-state index in [-0.39, 0.29) is 30.5 Å². The molecule has 0 aliphatic heterocycles. The molecule has 0 fully saturated rings. The van der Waals surface area contributed by atoms with E-state index in [2.05, 4.69) is 11.6 Å². The van der Waals surface area contributed by atoms with Crippen molar-refractivity contribution in [2.75, 3.05) is 6.61 Å². The Hall–Kier alpha value is -4.01. The molecule has 1 N–H and O–H groups in total. The van der Waals surface area contributed by atoms with Gasteiger partial charge in [0.1, 0.15) is 18.1 Å². The van der Waals surface area contributed by atoms with Crippen molar-refractivity contribution in [3.05, 3.63) is 83.8 Å². The number of aromatic nitrogens is 2. The molecule has 6 nitrogen and oxygen atoms in total. The number of aromatic carboxylic acids is 1. The maximum atomic E-state index is 13.1. The molecule has 0 radical (unpaired) electrons. The molecule has 4 rings (SSSR count). The minimum Gasteiger partial charge on any atom is -0.489 e. The van der Waals surface area contributed by atoms with Crippen molar-refractivity contribution in [1.29, 1.82) is 0 Å². The van der Waals surface area contributed by atoms with Gasteiger partial charge in [-0.25, -0.2) is 9.78 Å². The molecule has 2 heterocycles. The second-order valence-corrected chi connectivity index (χ2v) is 8.81. The minimum absolute atomic E-state index is 0.0208. The van der Waals surface area contributed by atoms with Gasteiger partial charge in [-0.15, -0.1) is 0 Å². The molecule has 188 valence electrons. The first-order chi connectivity index (χ1) is 17.0. The number of hydrogen-bond acceptors (Lipinski definition) is 4. The number of fused-ring (bicyclic) bond motifs is 1. The van der Waals surface area contributed by atoms with Gasteiger partial charge < -0.3 is 18.8 Å². The molecule has 3 aromatic rings. The molecular formula is C27H25F3N2O4. The van der Waals surface area contributed by atoms with E-state index in [0.29, 0.717) is 28.3 Å². The molecule has 1 aliphatic rings. The third-order valence-corrected chi connectivity index (χ3v) is 5.87. The number of oxazole rings is 1. The lowest BCUT2D eigenvalue weighted by atomic mass is 10.1. The van der Waals surface area contributed by atoms with Crippen LogP contribution in [0.2, 0.25) is 0 Å². The molecule has 0 amide bonds. The number of carboxylic acid groups (broad SMARTS) is 1. The molecule has 0 unspecified atom stereocenters. The van der Waals surface area contributed by atoms with Crippen LogP contribution in [-0.4, -0.2) is 33.4 Å². The molecule has 0 atom stereocenters. The van der Waals surface area contributed by atoms with Crippen LogP contribution in [0.3, 0.4) is 0 Å². The Kier molecular flexibility index (Phi) is 6.67. The van der Waals surface area contributed by atoms with Crippen LogP contribution in [0.5, 0.6) is 5.75 Å². The van der Waals surface area contributed by atoms with Crippen molar-refractivity contribution in [1.82, 2.24) is 9.55 Å². The molecule has 0 saturated carbocycles. The van der Waals surface area contributed by atoms with E-state index in [4.69, 9.17) is 9.15 Å². The van der Waals surface area contributed by atoms with Crippen LogP contribution in [0.15, 0.2) is 65.1 Å². The second kappa shape index (κ2) is 9.56. The highest BCUT2D eigenvalue weighted by atomic mass is 19.4. The average molecular weight is 499 g/mol. The van der Waals surface area contributed by atoms with Crippen molar-refractivity contribution >= 4 is 28.0 Å². The van der Waals surface area contributed by atoms with E-state index in [1.165, 1.54) is 12.2 Å². The van der Waals surface area contributed by atoms with Gasteiger partial charge >= 0.3 is 12.1 Å². The predicted octanol–water partition coefficient (Wildman–Crippen LogP) is 6.91. The summed E-state index contributed by atoms with van der Waals surface area (Å²) in [4.78, 5) is 15.9. The number of carbonyl (C=O) groups is 1. The van der Waals surface area contributed by atoms with Crippen LogP contribution in [0.1, 0.15) is 54.0 Å². The van der Waals surface area contributed by atoms with Gasteiger partial charge in [0.05, 0.1) is 11.3 Å². The molecule has 9 heteroatoms. The highest BCUT2D eigenvalue weighted by molar-refractivity contribution is 5.95. The molecule has 0 bridgehead atoms. The van der Waals surface area contributed by atoms with Crippen LogP contribution in [-0.2, 0) is 7.05 Å². The van der Waals surface area contributed by atoms with Gasteiger partial charge in [0, 0.05) is 29.1 Å². The number of hydrogen-bond donors (Lipinski definition) is 1. The normalized spacial score (nSPS) is 14.1. The lowest BCUT2D eigenvalue weighted by molar-refractivity contribution is -0.0881. The summed E-state index contributed by atoms with van der Waals surface area (Å²) in [5.74, 6) is 0.163. The Morgan fingerprint density at radius 1 is 1.28 bits per heavy atom. The van der Waals surface area contributed by atoms with Crippen molar-refractivity contribution in [2.45, 2.75) is 32.4 Å². The van der Waals surface area contributed by atoms with Gasteiger partial charge in [0.15, 0.2) is 5.76 Å². The zero-order valence-electron chi connectivity index (χ0n) is 20.0. The average Bonchev–Trinajstić information content (AvgIpc) is 3.29. The van der Waals surface area contributed by atoms with Crippen LogP contribution in [0.25, 0.3) is 22.0 Å². The number of nitrogens with zero attached hydrogens (tertiary/aromatic N) is 2. The number of rotatable bonds is 7. The zero-order chi connectivity index (χ0) is 26.2. The Morgan fingerprint density at radius 3 is 2.69 bits per heavy atom. The Bertz CT molecular complexity index is 1440. The Balaban J connectivity index is 1.56. The summed E-state index contributed by atoms with van der Waals surface area (Å²) in [7, 11) is 1.68. The number of allylic oxidation sites excluding steroid dienone is 6. The molecule has 2 aromatic heterocycles. The molecular weight excluding hydrogens is 473 g/mol. The summed E-state index contributed by atoms with van der Waals surface area (Å²) in [6, 6.07) is 6.84. The molecule has 1 aromatic carbocycles. The van der Waals surface area contributed by atoms with Crippen molar-refractivity contribution in [2.24, 2.45) is 7.05 Å². The summed E-state index contributed by atoms with van der Waals surface area (Å²) in [5.41, 5.74) is 1.87.